The summed E-state index contributed by atoms with van der Waals surface area (Å²) in [4.78, 5) is 14.0. The van der Waals surface area contributed by atoms with Gasteiger partial charge in [0.05, 0.1) is 16.1 Å². The predicted molar refractivity (Wildman–Crippen MR) is 103 cm³/mol. The number of carbonyl (C=O) groups is 1. The van der Waals surface area contributed by atoms with Crippen LogP contribution in [0, 0.1) is 5.92 Å². The van der Waals surface area contributed by atoms with Gasteiger partial charge in [-0.1, -0.05) is 23.2 Å². The van der Waals surface area contributed by atoms with Gasteiger partial charge in [-0.2, -0.15) is 0 Å². The number of sulfone groups is 1. The minimum absolute atomic E-state index is 0.00590. The average Bonchev–Trinajstić information content (AvgIpc) is 3.18. The maximum atomic E-state index is 12.5. The highest BCUT2D eigenvalue weighted by molar-refractivity contribution is 7.91. The van der Waals surface area contributed by atoms with Gasteiger partial charge < -0.3 is 20.4 Å². The highest BCUT2D eigenvalue weighted by atomic mass is 35.5. The summed E-state index contributed by atoms with van der Waals surface area (Å²) in [6, 6.07) is 2.79. The van der Waals surface area contributed by atoms with Gasteiger partial charge in [-0.3, -0.25) is 4.79 Å². The number of β-amino-alcohol motifs (C(OH)–C–C–N with tert-alkyl or cyclic N) is 1. The van der Waals surface area contributed by atoms with Gasteiger partial charge in [0, 0.05) is 37.4 Å². The standard InChI is InChI=1S/C17H22Cl2N2O5S/c1-27(25,26)14-8-21(7-13(14)23)15(24)5-9-4-11(20-6-9)16-12(22)3-2-10(18)17(16)19/h2-3,9,11,13-14,20,22-23H,4-8H2,1H3/t9-,11+,13-,14-/m0/s1. The molecule has 0 unspecified atom stereocenters. The SMILES string of the molecule is CS(=O)(=O)[C@H]1CN(C(=O)C[C@H]2CN[C@@H](c3c(O)ccc(Cl)c3Cl)C2)C[C@@H]1O. The maximum absolute atomic E-state index is 12.5. The van der Waals surface area contributed by atoms with Crippen molar-refractivity contribution in [3.8, 4) is 5.75 Å². The summed E-state index contributed by atoms with van der Waals surface area (Å²) in [5.41, 5.74) is 0.521. The van der Waals surface area contributed by atoms with Crippen LogP contribution in [0.4, 0.5) is 0 Å². The Morgan fingerprint density at radius 2 is 2.04 bits per heavy atom. The molecule has 0 saturated carbocycles. The highest BCUT2D eigenvalue weighted by Crippen LogP contribution is 2.41. The lowest BCUT2D eigenvalue weighted by Gasteiger charge is -2.18. The molecule has 2 fully saturated rings. The van der Waals surface area contributed by atoms with Crippen LogP contribution >= 0.6 is 23.2 Å². The van der Waals surface area contributed by atoms with Crippen molar-refractivity contribution in [2.75, 3.05) is 25.9 Å². The number of rotatable bonds is 4. The molecule has 0 aliphatic carbocycles. The average molecular weight is 437 g/mol. The number of nitrogens with one attached hydrogen (secondary N) is 1. The fraction of sp³-hybridized carbons (Fsp3) is 0.588. The van der Waals surface area contributed by atoms with E-state index < -0.39 is 21.2 Å². The van der Waals surface area contributed by atoms with Crippen LogP contribution in [0.25, 0.3) is 0 Å². The number of halogens is 2. The van der Waals surface area contributed by atoms with Crippen LogP contribution in [-0.4, -0.2) is 66.7 Å². The molecule has 0 spiro atoms. The largest absolute Gasteiger partial charge is 0.508 e. The lowest BCUT2D eigenvalue weighted by Crippen LogP contribution is -2.33. The molecule has 1 aromatic carbocycles. The second-order valence-electron chi connectivity index (χ2n) is 7.29. The number of likely N-dealkylation sites (tertiary alicyclic amines) is 1. The zero-order chi connectivity index (χ0) is 19.9. The first kappa shape index (κ1) is 20.7. The molecule has 3 rings (SSSR count). The Balaban J connectivity index is 1.63. The van der Waals surface area contributed by atoms with Gasteiger partial charge in [0.15, 0.2) is 9.84 Å². The van der Waals surface area contributed by atoms with Crippen molar-refractivity contribution < 1.29 is 23.4 Å². The van der Waals surface area contributed by atoms with Gasteiger partial charge in [-0.15, -0.1) is 0 Å². The van der Waals surface area contributed by atoms with Crippen LogP contribution in [-0.2, 0) is 14.6 Å². The lowest BCUT2D eigenvalue weighted by molar-refractivity contribution is -0.131. The van der Waals surface area contributed by atoms with E-state index in [1.807, 2.05) is 0 Å². The Labute approximate surface area is 168 Å². The minimum Gasteiger partial charge on any atom is -0.508 e. The Hall–Kier alpha value is -1.06. The molecule has 2 saturated heterocycles. The smallest absolute Gasteiger partial charge is 0.223 e. The summed E-state index contributed by atoms with van der Waals surface area (Å²) < 4.78 is 23.4. The van der Waals surface area contributed by atoms with Crippen LogP contribution in [0.3, 0.4) is 0 Å². The van der Waals surface area contributed by atoms with Gasteiger partial charge in [0.25, 0.3) is 0 Å². The third-order valence-electron chi connectivity index (χ3n) is 5.28. The molecule has 2 aliphatic rings. The second-order valence-corrected chi connectivity index (χ2v) is 10.3. The van der Waals surface area contributed by atoms with E-state index in [2.05, 4.69) is 5.32 Å². The molecule has 0 radical (unpaired) electrons. The molecular formula is C17H22Cl2N2O5S. The van der Waals surface area contributed by atoms with Crippen molar-refractivity contribution in [2.45, 2.75) is 30.2 Å². The number of hydrogen-bond acceptors (Lipinski definition) is 6. The number of phenolic OH excluding ortho intramolecular Hbond substituents is 1. The van der Waals surface area contributed by atoms with Crippen molar-refractivity contribution >= 4 is 38.9 Å². The summed E-state index contributed by atoms with van der Waals surface area (Å²) in [5, 5.41) is 23.0. The molecule has 7 nitrogen and oxygen atoms in total. The van der Waals surface area contributed by atoms with E-state index in [9.17, 15) is 23.4 Å². The molecule has 150 valence electrons. The van der Waals surface area contributed by atoms with E-state index in [1.54, 1.807) is 0 Å². The summed E-state index contributed by atoms with van der Waals surface area (Å²) in [5.74, 6) is -0.132. The number of aliphatic hydroxyl groups excluding tert-OH is 1. The summed E-state index contributed by atoms with van der Waals surface area (Å²) in [6.45, 7) is 0.606. The molecule has 3 N–H and O–H groups in total. The van der Waals surface area contributed by atoms with Crippen LogP contribution in [0.1, 0.15) is 24.4 Å². The van der Waals surface area contributed by atoms with Crippen molar-refractivity contribution in [3.63, 3.8) is 0 Å². The fourth-order valence-electron chi connectivity index (χ4n) is 3.83. The molecule has 27 heavy (non-hydrogen) atoms. The summed E-state index contributed by atoms with van der Waals surface area (Å²) in [6.07, 6.45) is 0.832. The minimum atomic E-state index is -3.42. The first-order valence-corrected chi connectivity index (χ1v) is 11.3. The number of amides is 1. The second kappa shape index (κ2) is 7.75. The van der Waals surface area contributed by atoms with E-state index in [-0.39, 0.29) is 43.1 Å². The Bertz CT molecular complexity index is 848. The van der Waals surface area contributed by atoms with Gasteiger partial charge in [0.1, 0.15) is 11.0 Å². The molecular weight excluding hydrogens is 415 g/mol. The topological polar surface area (TPSA) is 107 Å². The predicted octanol–water partition coefficient (Wildman–Crippen LogP) is 1.36. The Morgan fingerprint density at radius 1 is 1.33 bits per heavy atom. The van der Waals surface area contributed by atoms with E-state index in [1.165, 1.54) is 17.0 Å². The van der Waals surface area contributed by atoms with Crippen LogP contribution in [0.5, 0.6) is 5.75 Å². The fourth-order valence-corrected chi connectivity index (χ4v) is 5.39. The van der Waals surface area contributed by atoms with Gasteiger partial charge in [0.2, 0.25) is 5.91 Å². The van der Waals surface area contributed by atoms with E-state index in [0.29, 0.717) is 28.6 Å². The van der Waals surface area contributed by atoms with Gasteiger partial charge in [-0.05, 0) is 31.0 Å². The molecule has 0 bridgehead atoms. The Kier molecular flexibility index (Phi) is 5.93. The molecule has 0 aromatic heterocycles. The van der Waals surface area contributed by atoms with E-state index >= 15 is 0 Å². The van der Waals surface area contributed by atoms with E-state index in [4.69, 9.17) is 23.2 Å². The van der Waals surface area contributed by atoms with Crippen LogP contribution in [0.2, 0.25) is 10.0 Å². The number of hydrogen-bond donors (Lipinski definition) is 3. The van der Waals surface area contributed by atoms with E-state index in [0.717, 1.165) is 6.26 Å². The molecule has 2 heterocycles. The first-order chi connectivity index (χ1) is 12.6. The number of aliphatic hydroxyl groups is 1. The van der Waals surface area contributed by atoms with Gasteiger partial charge >= 0.3 is 0 Å². The van der Waals surface area contributed by atoms with Crippen molar-refractivity contribution in [1.29, 1.82) is 0 Å². The van der Waals surface area contributed by atoms with Crippen molar-refractivity contribution in [3.05, 3.63) is 27.7 Å². The number of phenols is 1. The number of aromatic hydroxyl groups is 1. The quantitative estimate of drug-likeness (QED) is 0.657. The highest BCUT2D eigenvalue weighted by Gasteiger charge is 2.41. The molecule has 1 aromatic rings. The van der Waals surface area contributed by atoms with Crippen LogP contribution in [0.15, 0.2) is 12.1 Å². The Morgan fingerprint density at radius 3 is 2.67 bits per heavy atom. The third kappa shape index (κ3) is 4.35. The van der Waals surface area contributed by atoms with Gasteiger partial charge in [-0.25, -0.2) is 8.42 Å². The van der Waals surface area contributed by atoms with Crippen molar-refractivity contribution in [2.24, 2.45) is 5.92 Å². The normalized spacial score (nSPS) is 28.7. The molecule has 10 heteroatoms. The number of carbonyl (C=O) groups excluding carboxylic acids is 1. The maximum Gasteiger partial charge on any atom is 0.223 e. The third-order valence-corrected chi connectivity index (χ3v) is 7.66. The monoisotopic (exact) mass is 436 g/mol. The number of benzene rings is 1. The lowest BCUT2D eigenvalue weighted by atomic mass is 9.96. The van der Waals surface area contributed by atoms with Crippen LogP contribution < -0.4 is 5.32 Å². The zero-order valence-corrected chi connectivity index (χ0v) is 17.1. The molecule has 2 aliphatic heterocycles. The zero-order valence-electron chi connectivity index (χ0n) is 14.7. The number of nitrogens with zero attached hydrogens (tertiary/aromatic N) is 1. The summed E-state index contributed by atoms with van der Waals surface area (Å²) in [7, 11) is -3.42. The molecule has 4 atom stereocenters. The van der Waals surface area contributed by atoms with Crippen molar-refractivity contribution in [1.82, 2.24) is 10.2 Å². The molecule has 1 amide bonds. The first-order valence-electron chi connectivity index (χ1n) is 8.63. The summed E-state index contributed by atoms with van der Waals surface area (Å²) >= 11 is 12.2.